The number of nitrogens with zero attached hydrogens (tertiary/aromatic N) is 1. The fourth-order valence-corrected chi connectivity index (χ4v) is 1.45. The summed E-state index contributed by atoms with van der Waals surface area (Å²) in [5, 5.41) is 11.8. The van der Waals surface area contributed by atoms with Gasteiger partial charge in [0.25, 0.3) is 5.91 Å². The first kappa shape index (κ1) is 11.7. The second-order valence-electron chi connectivity index (χ2n) is 2.99. The number of nitrogens with one attached hydrogen (secondary N) is 1. The molecule has 0 fully saturated rings. The van der Waals surface area contributed by atoms with E-state index in [0.29, 0.717) is 18.5 Å². The molecule has 0 saturated heterocycles. The van der Waals surface area contributed by atoms with Crippen LogP contribution in [0, 0.1) is 11.3 Å². The Bertz CT molecular complexity index is 367. The van der Waals surface area contributed by atoms with Gasteiger partial charge >= 0.3 is 0 Å². The number of rotatable bonds is 4. The Balaban J connectivity index is 2.55. The largest absolute Gasteiger partial charge is 0.351 e. The molecular weight excluding hydrogens is 256 g/mol. The Labute approximate surface area is 97.2 Å². The van der Waals surface area contributed by atoms with Gasteiger partial charge in [-0.2, -0.15) is 5.26 Å². The fourth-order valence-electron chi connectivity index (χ4n) is 1.08. The molecule has 0 aliphatic rings. The van der Waals surface area contributed by atoms with Gasteiger partial charge in [-0.15, -0.1) is 0 Å². The van der Waals surface area contributed by atoms with Crippen LogP contribution in [0.5, 0.6) is 0 Å². The van der Waals surface area contributed by atoms with Crippen molar-refractivity contribution in [2.75, 3.05) is 6.54 Å². The minimum Gasteiger partial charge on any atom is -0.351 e. The van der Waals surface area contributed by atoms with E-state index in [0.717, 1.165) is 10.9 Å². The van der Waals surface area contributed by atoms with Crippen LogP contribution in [0.15, 0.2) is 24.3 Å². The van der Waals surface area contributed by atoms with Gasteiger partial charge in [0.15, 0.2) is 0 Å². The van der Waals surface area contributed by atoms with E-state index in [-0.39, 0.29) is 5.91 Å². The molecule has 15 heavy (non-hydrogen) atoms. The third-order valence-corrected chi connectivity index (χ3v) is 2.54. The van der Waals surface area contributed by atoms with Crippen molar-refractivity contribution in [2.45, 2.75) is 11.8 Å². The van der Waals surface area contributed by atoms with Crippen molar-refractivity contribution in [3.63, 3.8) is 0 Å². The van der Waals surface area contributed by atoms with E-state index < -0.39 is 0 Å². The molecule has 1 N–H and O–H groups in total. The van der Waals surface area contributed by atoms with Gasteiger partial charge in [-0.3, -0.25) is 4.79 Å². The van der Waals surface area contributed by atoms with Crippen molar-refractivity contribution >= 4 is 21.8 Å². The molecule has 0 aliphatic carbocycles. The molecule has 0 heterocycles. The summed E-state index contributed by atoms with van der Waals surface area (Å²) in [5.41, 5.74) is 1.75. The van der Waals surface area contributed by atoms with Crippen molar-refractivity contribution in [2.24, 2.45) is 0 Å². The van der Waals surface area contributed by atoms with Crippen molar-refractivity contribution in [1.82, 2.24) is 5.32 Å². The number of carbonyl (C=O) groups excluding carboxylic acids is 1. The van der Waals surface area contributed by atoms with E-state index >= 15 is 0 Å². The maximum atomic E-state index is 11.5. The molecule has 0 atom stereocenters. The van der Waals surface area contributed by atoms with Gasteiger partial charge in [-0.25, -0.2) is 0 Å². The summed E-state index contributed by atoms with van der Waals surface area (Å²) in [6.07, 6.45) is 0.339. The van der Waals surface area contributed by atoms with Crippen molar-refractivity contribution in [3.8, 4) is 6.07 Å². The number of carbonyl (C=O) groups is 1. The number of hydrogen-bond acceptors (Lipinski definition) is 2. The zero-order valence-electron chi connectivity index (χ0n) is 8.16. The summed E-state index contributed by atoms with van der Waals surface area (Å²) in [6.45, 7) is 0.398. The second-order valence-corrected chi connectivity index (χ2v) is 3.56. The molecule has 0 saturated carbocycles. The van der Waals surface area contributed by atoms with Crippen LogP contribution < -0.4 is 5.32 Å². The zero-order chi connectivity index (χ0) is 11.1. The third-order valence-electron chi connectivity index (χ3n) is 1.89. The Morgan fingerprint density at radius 2 is 2.07 bits per heavy atom. The molecule has 1 rings (SSSR count). The lowest BCUT2D eigenvalue weighted by Crippen LogP contribution is -2.24. The van der Waals surface area contributed by atoms with E-state index in [1.54, 1.807) is 12.1 Å². The predicted octanol–water partition coefficient (Wildman–Crippen LogP) is 2.22. The number of benzene rings is 1. The monoisotopic (exact) mass is 266 g/mol. The van der Waals surface area contributed by atoms with Crippen molar-refractivity contribution in [3.05, 3.63) is 35.4 Å². The standard InChI is InChI=1S/C11H11BrN2O/c12-8-9-2-4-10(5-3-9)11(15)14-7-1-6-13/h2-5H,1,7-8H2,(H,14,15). The van der Waals surface area contributed by atoms with Gasteiger partial charge in [-0.1, -0.05) is 28.1 Å². The summed E-state index contributed by atoms with van der Waals surface area (Å²) in [5.74, 6) is -0.133. The van der Waals surface area contributed by atoms with Crippen LogP contribution in [-0.2, 0) is 5.33 Å². The minimum atomic E-state index is -0.133. The Morgan fingerprint density at radius 1 is 1.40 bits per heavy atom. The summed E-state index contributed by atoms with van der Waals surface area (Å²) >= 11 is 3.33. The van der Waals surface area contributed by atoms with Gasteiger partial charge in [0.1, 0.15) is 0 Å². The molecule has 0 aromatic heterocycles. The van der Waals surface area contributed by atoms with Gasteiger partial charge in [0, 0.05) is 17.4 Å². The highest BCUT2D eigenvalue weighted by atomic mass is 79.9. The quantitative estimate of drug-likeness (QED) is 0.671. The first-order valence-corrected chi connectivity index (χ1v) is 5.70. The topological polar surface area (TPSA) is 52.9 Å². The molecule has 1 aromatic rings. The molecule has 4 heteroatoms. The molecule has 0 spiro atoms. The Kier molecular flexibility index (Phi) is 4.85. The first-order chi connectivity index (χ1) is 7.27. The molecular formula is C11H11BrN2O. The van der Waals surface area contributed by atoms with Gasteiger partial charge in [0.2, 0.25) is 0 Å². The van der Waals surface area contributed by atoms with Crippen LogP contribution in [0.4, 0.5) is 0 Å². The van der Waals surface area contributed by atoms with Crippen LogP contribution in [0.25, 0.3) is 0 Å². The van der Waals surface area contributed by atoms with Crippen LogP contribution in [-0.4, -0.2) is 12.5 Å². The zero-order valence-corrected chi connectivity index (χ0v) is 9.75. The Morgan fingerprint density at radius 3 is 2.60 bits per heavy atom. The average Bonchev–Trinajstić information content (AvgIpc) is 2.29. The SMILES string of the molecule is N#CCCNC(=O)c1ccc(CBr)cc1. The van der Waals surface area contributed by atoms with Crippen LogP contribution >= 0.6 is 15.9 Å². The van der Waals surface area contributed by atoms with Crippen molar-refractivity contribution in [1.29, 1.82) is 5.26 Å². The maximum absolute atomic E-state index is 11.5. The van der Waals surface area contributed by atoms with Crippen LogP contribution in [0.2, 0.25) is 0 Å². The van der Waals surface area contributed by atoms with E-state index in [4.69, 9.17) is 5.26 Å². The molecule has 0 bridgehead atoms. The summed E-state index contributed by atoms with van der Waals surface area (Å²) in [4.78, 5) is 11.5. The lowest BCUT2D eigenvalue weighted by atomic mass is 10.1. The van der Waals surface area contributed by atoms with Gasteiger partial charge < -0.3 is 5.32 Å². The normalized spacial score (nSPS) is 9.33. The summed E-state index contributed by atoms with van der Waals surface area (Å²) in [6, 6.07) is 9.32. The van der Waals surface area contributed by atoms with Gasteiger partial charge in [-0.05, 0) is 17.7 Å². The molecule has 3 nitrogen and oxygen atoms in total. The molecule has 1 aromatic carbocycles. The number of halogens is 1. The minimum absolute atomic E-state index is 0.133. The lowest BCUT2D eigenvalue weighted by Gasteiger charge is -2.03. The first-order valence-electron chi connectivity index (χ1n) is 4.58. The highest BCUT2D eigenvalue weighted by Gasteiger charge is 2.03. The Hall–Kier alpha value is -1.34. The molecule has 0 unspecified atom stereocenters. The number of amides is 1. The van der Waals surface area contributed by atoms with E-state index in [1.807, 2.05) is 18.2 Å². The van der Waals surface area contributed by atoms with E-state index in [1.165, 1.54) is 0 Å². The number of alkyl halides is 1. The van der Waals surface area contributed by atoms with E-state index in [9.17, 15) is 4.79 Å². The molecule has 0 aliphatic heterocycles. The smallest absolute Gasteiger partial charge is 0.251 e. The number of nitriles is 1. The summed E-state index contributed by atoms with van der Waals surface area (Å²) < 4.78 is 0. The van der Waals surface area contributed by atoms with Gasteiger partial charge in [0.05, 0.1) is 12.5 Å². The summed E-state index contributed by atoms with van der Waals surface area (Å²) in [7, 11) is 0. The predicted molar refractivity (Wildman–Crippen MR) is 61.6 cm³/mol. The maximum Gasteiger partial charge on any atom is 0.251 e. The highest BCUT2D eigenvalue weighted by Crippen LogP contribution is 2.07. The number of hydrogen-bond donors (Lipinski definition) is 1. The molecule has 78 valence electrons. The lowest BCUT2D eigenvalue weighted by molar-refractivity contribution is 0.0954. The van der Waals surface area contributed by atoms with Crippen LogP contribution in [0.1, 0.15) is 22.3 Å². The van der Waals surface area contributed by atoms with Crippen LogP contribution in [0.3, 0.4) is 0 Å². The second kappa shape index (κ2) is 6.20. The van der Waals surface area contributed by atoms with E-state index in [2.05, 4.69) is 21.2 Å². The molecule has 0 radical (unpaired) electrons. The third kappa shape index (κ3) is 3.72. The fraction of sp³-hybridized carbons (Fsp3) is 0.273. The molecule has 1 amide bonds. The van der Waals surface area contributed by atoms with Crippen molar-refractivity contribution < 1.29 is 4.79 Å². The highest BCUT2D eigenvalue weighted by molar-refractivity contribution is 9.08. The average molecular weight is 267 g/mol.